The van der Waals surface area contributed by atoms with Crippen LogP contribution in [0.3, 0.4) is 0 Å². The van der Waals surface area contributed by atoms with Crippen LogP contribution >= 0.6 is 11.8 Å². The molecular formula is C23H17N3O6S2. The Morgan fingerprint density at radius 1 is 1.00 bits per heavy atom. The Bertz CT molecular complexity index is 1410. The summed E-state index contributed by atoms with van der Waals surface area (Å²) in [6, 6.07) is 18.1. The number of nitrogens with zero attached hydrogens (tertiary/aromatic N) is 2. The highest BCUT2D eigenvalue weighted by Crippen LogP contribution is 2.29. The summed E-state index contributed by atoms with van der Waals surface area (Å²) in [7, 11) is -4.16. The fourth-order valence-corrected chi connectivity index (χ4v) is 4.67. The van der Waals surface area contributed by atoms with Crippen LogP contribution in [0.2, 0.25) is 0 Å². The smallest absolute Gasteiger partial charge is 0.339 e. The lowest BCUT2D eigenvalue weighted by Crippen LogP contribution is -2.19. The normalized spacial score (nSPS) is 16.0. The summed E-state index contributed by atoms with van der Waals surface area (Å²) in [5.41, 5.74) is 2.28. The van der Waals surface area contributed by atoms with Crippen LogP contribution in [0.25, 0.3) is 6.08 Å². The second kappa shape index (κ2) is 9.49. The number of carbonyl (C=O) groups excluding carboxylic acids is 1. The number of nitro benzene ring substituents is 1. The van der Waals surface area contributed by atoms with Crippen molar-refractivity contribution in [1.82, 2.24) is 5.32 Å². The molecule has 1 amide bonds. The quantitative estimate of drug-likeness (QED) is 0.230. The van der Waals surface area contributed by atoms with Gasteiger partial charge in [-0.05, 0) is 66.7 Å². The van der Waals surface area contributed by atoms with E-state index < -0.39 is 15.0 Å². The number of benzene rings is 3. The molecule has 9 nitrogen and oxygen atoms in total. The molecule has 1 aliphatic rings. The number of hydrogen-bond acceptors (Lipinski definition) is 8. The van der Waals surface area contributed by atoms with Gasteiger partial charge in [-0.3, -0.25) is 14.9 Å². The molecule has 1 fully saturated rings. The molecule has 34 heavy (non-hydrogen) atoms. The van der Waals surface area contributed by atoms with Crippen LogP contribution in [0.5, 0.6) is 5.75 Å². The van der Waals surface area contributed by atoms with E-state index in [9.17, 15) is 23.3 Å². The number of amides is 1. The Hall–Kier alpha value is -3.96. The average molecular weight is 496 g/mol. The van der Waals surface area contributed by atoms with Crippen molar-refractivity contribution in [2.75, 3.05) is 0 Å². The molecule has 3 aromatic rings. The summed E-state index contributed by atoms with van der Waals surface area (Å²) >= 11 is 1.20. The molecule has 0 aromatic heterocycles. The van der Waals surface area contributed by atoms with E-state index in [-0.39, 0.29) is 22.2 Å². The molecule has 0 aliphatic carbocycles. The predicted octanol–water partition coefficient (Wildman–Crippen LogP) is 4.56. The minimum atomic E-state index is -4.16. The zero-order chi connectivity index (χ0) is 24.3. The van der Waals surface area contributed by atoms with Crippen molar-refractivity contribution >= 4 is 50.4 Å². The van der Waals surface area contributed by atoms with Crippen molar-refractivity contribution < 1.29 is 22.3 Å². The van der Waals surface area contributed by atoms with Gasteiger partial charge in [0.1, 0.15) is 10.6 Å². The number of carbonyl (C=O) groups is 1. The zero-order valence-electron chi connectivity index (χ0n) is 17.7. The Morgan fingerprint density at radius 2 is 1.65 bits per heavy atom. The third kappa shape index (κ3) is 5.50. The molecular weight excluding hydrogens is 478 g/mol. The standard InChI is InChI=1S/C23H17N3O6S2/c1-15-2-6-17(7-3-15)24-23-25-22(27)21(33-23)14-16-4-10-19(11-5-16)32-34(30,31)20-12-8-18(9-13-20)26(28)29/h2-14H,1H3,(H,24,25,27)/b21-14-. The summed E-state index contributed by atoms with van der Waals surface area (Å²) < 4.78 is 29.9. The Kier molecular flexibility index (Phi) is 6.48. The predicted molar refractivity (Wildman–Crippen MR) is 129 cm³/mol. The van der Waals surface area contributed by atoms with Gasteiger partial charge in [0.05, 0.1) is 15.5 Å². The van der Waals surface area contributed by atoms with E-state index in [0.717, 1.165) is 35.5 Å². The van der Waals surface area contributed by atoms with E-state index in [1.165, 1.54) is 23.9 Å². The van der Waals surface area contributed by atoms with Gasteiger partial charge in [-0.2, -0.15) is 8.42 Å². The first kappa shape index (κ1) is 23.2. The van der Waals surface area contributed by atoms with Crippen molar-refractivity contribution in [2.45, 2.75) is 11.8 Å². The topological polar surface area (TPSA) is 128 Å². The van der Waals surface area contributed by atoms with E-state index >= 15 is 0 Å². The number of thioether (sulfide) groups is 1. The number of nitro groups is 1. The average Bonchev–Trinajstić information content (AvgIpc) is 3.15. The highest BCUT2D eigenvalue weighted by atomic mass is 32.2. The maximum Gasteiger partial charge on any atom is 0.339 e. The van der Waals surface area contributed by atoms with E-state index in [0.29, 0.717) is 15.6 Å². The maximum atomic E-state index is 12.4. The zero-order valence-corrected chi connectivity index (χ0v) is 19.3. The summed E-state index contributed by atoms with van der Waals surface area (Å²) in [6.45, 7) is 1.98. The number of non-ortho nitro benzene ring substituents is 1. The second-order valence-corrected chi connectivity index (χ2v) is 9.75. The molecule has 1 aliphatic heterocycles. The van der Waals surface area contributed by atoms with Crippen LogP contribution in [0, 0.1) is 17.0 Å². The number of hydrogen-bond donors (Lipinski definition) is 1. The monoisotopic (exact) mass is 495 g/mol. The van der Waals surface area contributed by atoms with Crippen LogP contribution in [0.1, 0.15) is 11.1 Å². The molecule has 4 rings (SSSR count). The number of amidine groups is 1. The fourth-order valence-electron chi connectivity index (χ4n) is 2.90. The SMILES string of the molecule is Cc1ccc(N=C2NC(=O)/C(=C/c3ccc(OS(=O)(=O)c4ccc([N+](=O)[O-])cc4)cc3)S2)cc1. The molecule has 3 aromatic carbocycles. The molecule has 1 N–H and O–H groups in total. The molecule has 0 atom stereocenters. The van der Waals surface area contributed by atoms with Crippen LogP contribution in [0.15, 0.2) is 87.6 Å². The van der Waals surface area contributed by atoms with Crippen molar-refractivity contribution in [1.29, 1.82) is 0 Å². The van der Waals surface area contributed by atoms with Crippen LogP contribution in [-0.4, -0.2) is 24.4 Å². The molecule has 11 heteroatoms. The number of nitrogens with one attached hydrogen (secondary N) is 1. The number of aliphatic imine (C=N–C) groups is 1. The fraction of sp³-hybridized carbons (Fsp3) is 0.0435. The molecule has 0 saturated carbocycles. The molecule has 1 saturated heterocycles. The molecule has 0 radical (unpaired) electrons. The third-order valence-corrected chi connectivity index (χ3v) is 6.81. The van der Waals surface area contributed by atoms with Gasteiger partial charge in [0.15, 0.2) is 5.17 Å². The van der Waals surface area contributed by atoms with Crippen LogP contribution in [-0.2, 0) is 14.9 Å². The van der Waals surface area contributed by atoms with Gasteiger partial charge in [0.25, 0.3) is 11.6 Å². The Balaban J connectivity index is 1.45. The summed E-state index contributed by atoms with van der Waals surface area (Å²) in [6.07, 6.45) is 1.66. The summed E-state index contributed by atoms with van der Waals surface area (Å²) in [5.74, 6) is -0.220. The summed E-state index contributed by atoms with van der Waals surface area (Å²) in [5, 5.41) is 13.9. The number of rotatable bonds is 6. The molecule has 0 bridgehead atoms. The van der Waals surface area contributed by atoms with Gasteiger partial charge in [0, 0.05) is 12.1 Å². The first-order valence-corrected chi connectivity index (χ1v) is 12.1. The molecule has 1 heterocycles. The lowest BCUT2D eigenvalue weighted by atomic mass is 10.2. The summed E-state index contributed by atoms with van der Waals surface area (Å²) in [4.78, 5) is 27.1. The first-order chi connectivity index (χ1) is 16.2. The highest BCUT2D eigenvalue weighted by Gasteiger charge is 2.24. The minimum Gasteiger partial charge on any atom is -0.379 e. The molecule has 172 valence electrons. The van der Waals surface area contributed by atoms with E-state index in [1.807, 2.05) is 31.2 Å². The van der Waals surface area contributed by atoms with Gasteiger partial charge in [-0.15, -0.1) is 0 Å². The van der Waals surface area contributed by atoms with Crippen molar-refractivity contribution in [2.24, 2.45) is 4.99 Å². The molecule has 0 spiro atoms. The Labute approximate surface area is 199 Å². The van der Waals surface area contributed by atoms with Crippen molar-refractivity contribution in [3.63, 3.8) is 0 Å². The van der Waals surface area contributed by atoms with Gasteiger partial charge < -0.3 is 9.50 Å². The van der Waals surface area contributed by atoms with Gasteiger partial charge >= 0.3 is 10.1 Å². The molecule has 0 unspecified atom stereocenters. The lowest BCUT2D eigenvalue weighted by Gasteiger charge is -2.07. The maximum absolute atomic E-state index is 12.4. The van der Waals surface area contributed by atoms with Crippen LogP contribution < -0.4 is 9.50 Å². The largest absolute Gasteiger partial charge is 0.379 e. The second-order valence-electron chi connectivity index (χ2n) is 7.17. The van der Waals surface area contributed by atoms with Crippen LogP contribution in [0.4, 0.5) is 11.4 Å². The first-order valence-electron chi connectivity index (χ1n) is 9.85. The third-order valence-electron chi connectivity index (χ3n) is 4.64. The van der Waals surface area contributed by atoms with Crippen molar-refractivity contribution in [3.8, 4) is 5.75 Å². The highest BCUT2D eigenvalue weighted by molar-refractivity contribution is 8.18. The number of aryl methyl sites for hydroxylation is 1. The van der Waals surface area contributed by atoms with Gasteiger partial charge in [-0.25, -0.2) is 4.99 Å². The Morgan fingerprint density at radius 3 is 2.26 bits per heavy atom. The van der Waals surface area contributed by atoms with Gasteiger partial charge in [0.2, 0.25) is 0 Å². The van der Waals surface area contributed by atoms with E-state index in [1.54, 1.807) is 18.2 Å². The van der Waals surface area contributed by atoms with Gasteiger partial charge in [-0.1, -0.05) is 29.8 Å². The minimum absolute atomic E-state index is 0.0608. The van der Waals surface area contributed by atoms with E-state index in [4.69, 9.17) is 4.18 Å². The van der Waals surface area contributed by atoms with E-state index in [2.05, 4.69) is 10.3 Å². The van der Waals surface area contributed by atoms with Crippen molar-refractivity contribution in [3.05, 3.63) is 98.9 Å². The lowest BCUT2D eigenvalue weighted by molar-refractivity contribution is -0.384.